The minimum Gasteiger partial charge on any atom is -0.497 e. The molecule has 0 bridgehead atoms. The summed E-state index contributed by atoms with van der Waals surface area (Å²) in [6, 6.07) is 16.5. The van der Waals surface area contributed by atoms with Gasteiger partial charge in [0.1, 0.15) is 5.75 Å². The summed E-state index contributed by atoms with van der Waals surface area (Å²) < 4.78 is 7.08. The molecule has 1 saturated heterocycles. The fraction of sp³-hybridized carbons (Fsp3) is 0.304. The van der Waals surface area contributed by atoms with Crippen LogP contribution in [0.2, 0.25) is 0 Å². The van der Waals surface area contributed by atoms with Crippen molar-refractivity contribution in [3.63, 3.8) is 0 Å². The fourth-order valence-corrected chi connectivity index (χ4v) is 4.35. The number of nitrogens with one attached hydrogen (secondary N) is 1. The summed E-state index contributed by atoms with van der Waals surface area (Å²) in [6.07, 6.45) is 2.40. The van der Waals surface area contributed by atoms with Crippen LogP contribution in [0, 0.1) is 0 Å². The van der Waals surface area contributed by atoms with Gasteiger partial charge in [0.25, 0.3) is 5.91 Å². The molecule has 0 radical (unpaired) electrons. The van der Waals surface area contributed by atoms with E-state index in [1.807, 2.05) is 34.9 Å². The Morgan fingerprint density at radius 1 is 1.03 bits per heavy atom. The molecule has 0 saturated carbocycles. The molecule has 0 atom stereocenters. The molecule has 2 aromatic carbocycles. The van der Waals surface area contributed by atoms with E-state index in [-0.39, 0.29) is 11.7 Å². The highest BCUT2D eigenvalue weighted by Gasteiger charge is 2.20. The Morgan fingerprint density at radius 2 is 1.75 bits per heavy atom. The van der Waals surface area contributed by atoms with Gasteiger partial charge >= 0.3 is 0 Å². The van der Waals surface area contributed by atoms with Gasteiger partial charge in [-0.25, -0.2) is 0 Å². The number of carbonyl (C=O) groups is 2. The standard InChI is InChI=1S/C23H25N5O3S/c1-31-19-11-9-17(10-12-19)22(30)24-21(29)16-32-23-26-25-20(15-27-13-5-6-14-27)28(23)18-7-3-2-4-8-18/h2-4,7-12H,5-6,13-16H2,1H3,(H,24,29,30). The third-order valence-electron chi connectivity index (χ3n) is 5.22. The predicted octanol–water partition coefficient (Wildman–Crippen LogP) is 2.92. The summed E-state index contributed by atoms with van der Waals surface area (Å²) in [6.45, 7) is 2.82. The number of ether oxygens (including phenoxy) is 1. The molecule has 0 unspecified atom stereocenters. The number of benzene rings is 2. The van der Waals surface area contributed by atoms with Gasteiger partial charge in [-0.1, -0.05) is 30.0 Å². The number of hydrogen-bond acceptors (Lipinski definition) is 7. The summed E-state index contributed by atoms with van der Waals surface area (Å²) >= 11 is 1.26. The molecule has 3 aromatic rings. The highest BCUT2D eigenvalue weighted by atomic mass is 32.2. The van der Waals surface area contributed by atoms with Gasteiger partial charge in [0, 0.05) is 11.3 Å². The Labute approximate surface area is 191 Å². The number of imide groups is 1. The number of methoxy groups -OCH3 is 1. The van der Waals surface area contributed by atoms with Gasteiger partial charge < -0.3 is 4.74 Å². The first-order valence-electron chi connectivity index (χ1n) is 10.5. The first-order valence-corrected chi connectivity index (χ1v) is 11.5. The Balaban J connectivity index is 1.43. The van der Waals surface area contributed by atoms with Crippen LogP contribution in [0.4, 0.5) is 0 Å². The van der Waals surface area contributed by atoms with Crippen molar-refractivity contribution >= 4 is 23.6 Å². The van der Waals surface area contributed by atoms with Crippen molar-refractivity contribution in [1.82, 2.24) is 25.0 Å². The summed E-state index contributed by atoms with van der Waals surface area (Å²) in [5.41, 5.74) is 1.34. The summed E-state index contributed by atoms with van der Waals surface area (Å²) in [5.74, 6) is 0.706. The second kappa shape index (κ2) is 10.4. The number of para-hydroxylation sites is 1. The molecule has 166 valence electrons. The van der Waals surface area contributed by atoms with Crippen LogP contribution in [0.15, 0.2) is 59.8 Å². The van der Waals surface area contributed by atoms with E-state index in [4.69, 9.17) is 4.74 Å². The van der Waals surface area contributed by atoms with E-state index in [2.05, 4.69) is 20.4 Å². The maximum atomic E-state index is 12.4. The zero-order chi connectivity index (χ0) is 22.3. The lowest BCUT2D eigenvalue weighted by molar-refractivity contribution is -0.117. The van der Waals surface area contributed by atoms with Crippen molar-refractivity contribution in [3.8, 4) is 11.4 Å². The van der Waals surface area contributed by atoms with Crippen molar-refractivity contribution in [2.45, 2.75) is 24.5 Å². The lowest BCUT2D eigenvalue weighted by atomic mass is 10.2. The van der Waals surface area contributed by atoms with Gasteiger partial charge in [-0.15, -0.1) is 10.2 Å². The van der Waals surface area contributed by atoms with Crippen molar-refractivity contribution in [2.24, 2.45) is 0 Å². The molecule has 32 heavy (non-hydrogen) atoms. The SMILES string of the molecule is COc1ccc(C(=O)NC(=O)CSc2nnc(CN3CCCC3)n2-c2ccccc2)cc1. The average Bonchev–Trinajstić information content (AvgIpc) is 3.48. The van der Waals surface area contributed by atoms with E-state index in [0.29, 0.717) is 23.0 Å². The molecule has 0 spiro atoms. The number of thioether (sulfide) groups is 1. The molecular weight excluding hydrogens is 426 g/mol. The Kier molecular flexibility index (Phi) is 7.18. The minimum atomic E-state index is -0.447. The molecule has 1 aliphatic rings. The van der Waals surface area contributed by atoms with E-state index in [1.54, 1.807) is 31.4 Å². The summed E-state index contributed by atoms with van der Waals surface area (Å²) in [7, 11) is 1.56. The van der Waals surface area contributed by atoms with Crippen molar-refractivity contribution < 1.29 is 14.3 Å². The van der Waals surface area contributed by atoms with Gasteiger partial charge in [-0.2, -0.15) is 0 Å². The number of rotatable bonds is 8. The van der Waals surface area contributed by atoms with E-state index < -0.39 is 5.91 Å². The smallest absolute Gasteiger partial charge is 0.257 e. The number of amides is 2. The first-order chi connectivity index (χ1) is 15.6. The van der Waals surface area contributed by atoms with E-state index in [0.717, 1.165) is 24.6 Å². The van der Waals surface area contributed by atoms with E-state index in [1.165, 1.54) is 24.6 Å². The molecule has 8 nitrogen and oxygen atoms in total. The number of carbonyl (C=O) groups excluding carboxylic acids is 2. The number of likely N-dealkylation sites (tertiary alicyclic amines) is 1. The molecule has 1 N–H and O–H groups in total. The second-order valence-corrected chi connectivity index (χ2v) is 8.39. The Hall–Kier alpha value is -3.17. The van der Waals surface area contributed by atoms with Crippen molar-refractivity contribution in [3.05, 3.63) is 66.0 Å². The number of hydrogen-bond donors (Lipinski definition) is 1. The molecule has 4 rings (SSSR count). The lowest BCUT2D eigenvalue weighted by Crippen LogP contribution is -2.31. The quantitative estimate of drug-likeness (QED) is 0.527. The van der Waals surface area contributed by atoms with Gasteiger partial charge in [0.15, 0.2) is 11.0 Å². The predicted molar refractivity (Wildman–Crippen MR) is 122 cm³/mol. The molecule has 1 aromatic heterocycles. The van der Waals surface area contributed by atoms with Crippen LogP contribution in [-0.4, -0.2) is 57.4 Å². The van der Waals surface area contributed by atoms with Crippen LogP contribution < -0.4 is 10.1 Å². The maximum Gasteiger partial charge on any atom is 0.257 e. The topological polar surface area (TPSA) is 89.3 Å². The summed E-state index contributed by atoms with van der Waals surface area (Å²) in [5, 5.41) is 11.8. The zero-order valence-corrected chi connectivity index (χ0v) is 18.7. The largest absolute Gasteiger partial charge is 0.497 e. The third-order valence-corrected chi connectivity index (χ3v) is 6.14. The van der Waals surface area contributed by atoms with E-state index in [9.17, 15) is 9.59 Å². The van der Waals surface area contributed by atoms with Gasteiger partial charge in [0.05, 0.1) is 19.4 Å². The van der Waals surface area contributed by atoms with Crippen LogP contribution in [0.25, 0.3) is 5.69 Å². The molecule has 2 heterocycles. The van der Waals surface area contributed by atoms with Crippen LogP contribution in [-0.2, 0) is 11.3 Å². The van der Waals surface area contributed by atoms with Crippen LogP contribution >= 0.6 is 11.8 Å². The highest BCUT2D eigenvalue weighted by Crippen LogP contribution is 2.23. The van der Waals surface area contributed by atoms with Gasteiger partial charge in [0.2, 0.25) is 5.91 Å². The molecule has 2 amide bonds. The lowest BCUT2D eigenvalue weighted by Gasteiger charge is -2.15. The van der Waals surface area contributed by atoms with Crippen molar-refractivity contribution in [2.75, 3.05) is 26.0 Å². The van der Waals surface area contributed by atoms with Crippen molar-refractivity contribution in [1.29, 1.82) is 0 Å². The Bertz CT molecular complexity index is 1060. The number of aromatic nitrogens is 3. The van der Waals surface area contributed by atoms with Crippen LogP contribution in [0.3, 0.4) is 0 Å². The zero-order valence-electron chi connectivity index (χ0n) is 17.9. The molecule has 9 heteroatoms. The second-order valence-electron chi connectivity index (χ2n) is 7.45. The third kappa shape index (κ3) is 5.35. The first kappa shape index (κ1) is 22.0. The van der Waals surface area contributed by atoms with Crippen LogP contribution in [0.5, 0.6) is 5.75 Å². The minimum absolute atomic E-state index is 0.0522. The van der Waals surface area contributed by atoms with E-state index >= 15 is 0 Å². The highest BCUT2D eigenvalue weighted by molar-refractivity contribution is 7.99. The Morgan fingerprint density at radius 3 is 2.44 bits per heavy atom. The monoisotopic (exact) mass is 451 g/mol. The summed E-state index contributed by atoms with van der Waals surface area (Å²) in [4.78, 5) is 27.1. The fourth-order valence-electron chi connectivity index (χ4n) is 3.58. The molecule has 1 fully saturated rings. The normalized spacial score (nSPS) is 13.8. The average molecular weight is 452 g/mol. The van der Waals surface area contributed by atoms with Crippen LogP contribution in [0.1, 0.15) is 29.0 Å². The number of nitrogens with zero attached hydrogens (tertiary/aromatic N) is 4. The van der Waals surface area contributed by atoms with Gasteiger partial charge in [-0.05, 0) is 62.3 Å². The van der Waals surface area contributed by atoms with Gasteiger partial charge in [-0.3, -0.25) is 24.4 Å². The molecule has 0 aliphatic carbocycles. The molecule has 1 aliphatic heterocycles. The maximum absolute atomic E-state index is 12.4. The molecular formula is C23H25N5O3S.